The highest BCUT2D eigenvalue weighted by Crippen LogP contribution is 2.08. The first-order valence-electron chi connectivity index (χ1n) is 4.78. The molecule has 0 saturated carbocycles. The summed E-state index contributed by atoms with van der Waals surface area (Å²) < 4.78 is 3.41. The van der Waals surface area contributed by atoms with Crippen molar-refractivity contribution in [2.24, 2.45) is 0 Å². The minimum absolute atomic E-state index is 0.128. The number of carboxylic acid groups (broad SMARTS) is 1. The fourth-order valence-electron chi connectivity index (χ4n) is 1.46. The lowest BCUT2D eigenvalue weighted by atomic mass is 10.3. The van der Waals surface area contributed by atoms with E-state index in [0.29, 0.717) is 0 Å². The number of hydrogen-bond acceptors (Lipinski definition) is 2. The number of carbonyl (C=O) groups is 1. The Bertz CT molecular complexity index is 314. The lowest BCUT2D eigenvalue weighted by Crippen LogP contribution is -2.46. The Labute approximate surface area is 83.8 Å². The number of hydrogen-bond donors (Lipinski definition) is 0. The zero-order valence-corrected chi connectivity index (χ0v) is 9.02. The van der Waals surface area contributed by atoms with Gasteiger partial charge >= 0.3 is 5.82 Å². The van der Waals surface area contributed by atoms with Crippen molar-refractivity contribution >= 4 is 5.97 Å². The van der Waals surface area contributed by atoms with Crippen LogP contribution in [0.1, 0.15) is 50.4 Å². The van der Waals surface area contributed by atoms with Crippen LogP contribution in [0.25, 0.3) is 0 Å². The summed E-state index contributed by atoms with van der Waals surface area (Å²) in [5.41, 5.74) is 0. The fourth-order valence-corrected chi connectivity index (χ4v) is 1.46. The highest BCUT2D eigenvalue weighted by atomic mass is 16.4. The summed E-state index contributed by atoms with van der Waals surface area (Å²) in [7, 11) is 0. The third-order valence-electron chi connectivity index (χ3n) is 2.17. The molecule has 0 fully saturated rings. The topological polar surface area (TPSA) is 48.9 Å². The second-order valence-electron chi connectivity index (χ2n) is 3.91. The van der Waals surface area contributed by atoms with Crippen LogP contribution in [-0.4, -0.2) is 10.5 Å². The largest absolute Gasteiger partial charge is 0.538 e. The molecule has 1 aromatic heterocycles. The van der Waals surface area contributed by atoms with Gasteiger partial charge in [-0.3, -0.25) is 0 Å². The quantitative estimate of drug-likeness (QED) is 0.653. The van der Waals surface area contributed by atoms with Gasteiger partial charge in [-0.05, 0) is 27.7 Å². The zero-order chi connectivity index (χ0) is 10.9. The third-order valence-corrected chi connectivity index (χ3v) is 2.17. The molecule has 0 aliphatic rings. The van der Waals surface area contributed by atoms with Gasteiger partial charge < -0.3 is 9.90 Å². The molecule has 0 amide bonds. The van der Waals surface area contributed by atoms with Crippen LogP contribution in [0.4, 0.5) is 0 Å². The average molecular weight is 196 g/mol. The Hall–Kier alpha value is -1.32. The Morgan fingerprint density at radius 3 is 2.36 bits per heavy atom. The number of nitrogens with zero attached hydrogens (tertiary/aromatic N) is 2. The van der Waals surface area contributed by atoms with Gasteiger partial charge in [-0.2, -0.15) is 0 Å². The van der Waals surface area contributed by atoms with Gasteiger partial charge in [0.2, 0.25) is 0 Å². The van der Waals surface area contributed by atoms with E-state index in [4.69, 9.17) is 0 Å². The van der Waals surface area contributed by atoms with Crippen molar-refractivity contribution in [1.82, 2.24) is 4.57 Å². The molecule has 1 rings (SSSR count). The highest BCUT2D eigenvalue weighted by Gasteiger charge is 2.21. The van der Waals surface area contributed by atoms with Gasteiger partial charge in [-0.25, -0.2) is 9.13 Å². The molecule has 78 valence electrons. The van der Waals surface area contributed by atoms with Gasteiger partial charge in [0, 0.05) is 0 Å². The lowest BCUT2D eigenvalue weighted by Gasteiger charge is -2.09. The monoisotopic (exact) mass is 196 g/mol. The van der Waals surface area contributed by atoms with E-state index in [0.717, 1.165) is 0 Å². The van der Waals surface area contributed by atoms with Crippen LogP contribution in [0.15, 0.2) is 12.4 Å². The van der Waals surface area contributed by atoms with Crippen molar-refractivity contribution in [3.63, 3.8) is 0 Å². The second kappa shape index (κ2) is 3.82. The average Bonchev–Trinajstić information content (AvgIpc) is 2.46. The smallest absolute Gasteiger partial charge is 0.305 e. The molecule has 0 saturated heterocycles. The number of carbonyl (C=O) groups excluding carboxylic acids is 1. The Morgan fingerprint density at radius 1 is 1.43 bits per heavy atom. The van der Waals surface area contributed by atoms with Gasteiger partial charge in [0.05, 0.1) is 12.1 Å². The van der Waals surface area contributed by atoms with Crippen LogP contribution in [0.5, 0.6) is 0 Å². The minimum atomic E-state index is -1.13. The molecule has 14 heavy (non-hydrogen) atoms. The summed E-state index contributed by atoms with van der Waals surface area (Å²) in [5, 5.41) is 11.0. The van der Waals surface area contributed by atoms with Crippen molar-refractivity contribution in [3.05, 3.63) is 18.2 Å². The van der Waals surface area contributed by atoms with Gasteiger partial charge in [-0.1, -0.05) is 0 Å². The van der Waals surface area contributed by atoms with Crippen LogP contribution < -0.4 is 9.67 Å². The van der Waals surface area contributed by atoms with E-state index in [1.54, 1.807) is 21.5 Å². The molecule has 0 unspecified atom stereocenters. The molecule has 0 radical (unpaired) electrons. The summed E-state index contributed by atoms with van der Waals surface area (Å²) in [4.78, 5) is 11.0. The molecular weight excluding hydrogens is 180 g/mol. The summed E-state index contributed by atoms with van der Waals surface area (Å²) >= 11 is 0. The maximum Gasteiger partial charge on any atom is 0.305 e. The lowest BCUT2D eigenvalue weighted by molar-refractivity contribution is -0.719. The zero-order valence-electron chi connectivity index (χ0n) is 9.02. The van der Waals surface area contributed by atoms with E-state index in [2.05, 4.69) is 0 Å². The van der Waals surface area contributed by atoms with Gasteiger partial charge in [0.15, 0.2) is 5.97 Å². The summed E-state index contributed by atoms with van der Waals surface area (Å²) in [6.07, 6.45) is 3.55. The molecule has 0 bridgehead atoms. The molecule has 0 aromatic carbocycles. The molecule has 0 aliphatic carbocycles. The predicted octanol–water partition coefficient (Wildman–Crippen LogP) is 0.301. The summed E-state index contributed by atoms with van der Waals surface area (Å²) in [6.45, 7) is 7.77. The molecular formula is C10H16N2O2. The molecule has 0 aliphatic heterocycles. The van der Waals surface area contributed by atoms with E-state index in [1.807, 2.05) is 27.7 Å². The van der Waals surface area contributed by atoms with E-state index < -0.39 is 5.97 Å². The second-order valence-corrected chi connectivity index (χ2v) is 3.91. The highest BCUT2D eigenvalue weighted by molar-refractivity contribution is 5.79. The van der Waals surface area contributed by atoms with Crippen LogP contribution >= 0.6 is 0 Å². The molecule has 4 nitrogen and oxygen atoms in total. The van der Waals surface area contributed by atoms with Gasteiger partial charge in [0.1, 0.15) is 12.4 Å². The first kappa shape index (κ1) is 10.8. The molecule has 0 atom stereocenters. The van der Waals surface area contributed by atoms with E-state index in [1.165, 1.54) is 0 Å². The van der Waals surface area contributed by atoms with Crippen LogP contribution in [-0.2, 0) is 0 Å². The Balaban J connectivity index is 3.28. The van der Waals surface area contributed by atoms with Crippen LogP contribution in [0, 0.1) is 0 Å². The molecule has 0 spiro atoms. The first-order chi connectivity index (χ1) is 6.45. The molecule has 1 aromatic rings. The molecule has 0 N–H and O–H groups in total. The molecule has 1 heterocycles. The van der Waals surface area contributed by atoms with Crippen molar-refractivity contribution in [2.45, 2.75) is 39.8 Å². The predicted molar refractivity (Wildman–Crippen MR) is 49.7 cm³/mol. The van der Waals surface area contributed by atoms with E-state index >= 15 is 0 Å². The van der Waals surface area contributed by atoms with Crippen molar-refractivity contribution < 1.29 is 14.5 Å². The third kappa shape index (κ3) is 1.78. The van der Waals surface area contributed by atoms with Crippen molar-refractivity contribution in [1.29, 1.82) is 0 Å². The first-order valence-corrected chi connectivity index (χ1v) is 4.78. The van der Waals surface area contributed by atoms with Gasteiger partial charge in [0.25, 0.3) is 0 Å². The normalized spacial score (nSPS) is 11.3. The minimum Gasteiger partial charge on any atom is -0.538 e. The van der Waals surface area contributed by atoms with Gasteiger partial charge in [-0.15, -0.1) is 0 Å². The summed E-state index contributed by atoms with van der Waals surface area (Å²) in [5.74, 6) is -0.896. The number of aromatic nitrogens is 2. The summed E-state index contributed by atoms with van der Waals surface area (Å²) in [6, 6.07) is 0.255. The van der Waals surface area contributed by atoms with E-state index in [-0.39, 0.29) is 17.9 Å². The number of carboxylic acids is 1. The SMILES string of the molecule is CC(C)n1cc[n+](C(C)C)c1C(=O)[O-]. The number of aromatic carboxylic acids is 1. The maximum atomic E-state index is 11.0. The standard InChI is InChI=1S/C10H16N2O2/c1-7(2)11-5-6-12(8(3)4)9(11)10(13)14/h5-8H,1-4H3. The molecule has 4 heteroatoms. The number of rotatable bonds is 3. The maximum absolute atomic E-state index is 11.0. The number of imidazole rings is 1. The van der Waals surface area contributed by atoms with Crippen LogP contribution in [0.3, 0.4) is 0 Å². The van der Waals surface area contributed by atoms with Crippen molar-refractivity contribution in [3.8, 4) is 0 Å². The Morgan fingerprint density at radius 2 is 2.00 bits per heavy atom. The van der Waals surface area contributed by atoms with E-state index in [9.17, 15) is 9.90 Å². The fraction of sp³-hybridized carbons (Fsp3) is 0.600. The van der Waals surface area contributed by atoms with Crippen molar-refractivity contribution in [2.75, 3.05) is 0 Å². The van der Waals surface area contributed by atoms with Crippen LogP contribution in [0.2, 0.25) is 0 Å². The Kier molecular flexibility index (Phi) is 2.93.